The summed E-state index contributed by atoms with van der Waals surface area (Å²) in [4.78, 5) is 4.04. The number of hydrogen-bond acceptors (Lipinski definition) is 3. The summed E-state index contributed by atoms with van der Waals surface area (Å²) in [5.41, 5.74) is 0.980. The molecule has 1 heterocycles. The predicted octanol–water partition coefficient (Wildman–Crippen LogP) is 3.51. The Kier molecular flexibility index (Phi) is 2.49. The molecule has 0 saturated carbocycles. The molecule has 0 saturated heterocycles. The first-order chi connectivity index (χ1) is 6.25. The standard InChI is InChI=1S/C8H4Cl2N2S/c9-6-3-1-5(2-4-6)7-11-8(10)12-13-7/h1-4H. The first-order valence-corrected chi connectivity index (χ1v) is 5.04. The first kappa shape index (κ1) is 8.94. The molecule has 0 atom stereocenters. The average Bonchev–Trinajstić information content (AvgIpc) is 2.53. The van der Waals surface area contributed by atoms with Crippen molar-refractivity contribution in [3.63, 3.8) is 0 Å². The van der Waals surface area contributed by atoms with Gasteiger partial charge in [-0.05, 0) is 35.3 Å². The van der Waals surface area contributed by atoms with Gasteiger partial charge in [0.2, 0.25) is 5.28 Å². The van der Waals surface area contributed by atoms with Gasteiger partial charge in [0.05, 0.1) is 0 Å². The minimum absolute atomic E-state index is 0.287. The Morgan fingerprint density at radius 1 is 1.08 bits per heavy atom. The highest BCUT2D eigenvalue weighted by atomic mass is 35.5. The topological polar surface area (TPSA) is 25.8 Å². The fourth-order valence-corrected chi connectivity index (χ4v) is 1.85. The van der Waals surface area contributed by atoms with Gasteiger partial charge in [-0.3, -0.25) is 0 Å². The fraction of sp³-hybridized carbons (Fsp3) is 0. The zero-order chi connectivity index (χ0) is 9.26. The van der Waals surface area contributed by atoms with Crippen LogP contribution in [0.3, 0.4) is 0 Å². The van der Waals surface area contributed by atoms with Crippen LogP contribution in [0.15, 0.2) is 24.3 Å². The number of halogens is 2. The Labute approximate surface area is 89.3 Å². The van der Waals surface area contributed by atoms with Gasteiger partial charge in [-0.25, -0.2) is 4.98 Å². The molecule has 0 aliphatic carbocycles. The number of benzene rings is 1. The van der Waals surface area contributed by atoms with Crippen LogP contribution in [0.2, 0.25) is 10.3 Å². The molecule has 5 heteroatoms. The Balaban J connectivity index is 2.41. The van der Waals surface area contributed by atoms with Gasteiger partial charge < -0.3 is 0 Å². The lowest BCUT2D eigenvalue weighted by Gasteiger charge is -1.93. The van der Waals surface area contributed by atoms with Crippen LogP contribution in [-0.4, -0.2) is 9.36 Å². The van der Waals surface area contributed by atoms with Crippen LogP contribution in [0.25, 0.3) is 10.6 Å². The molecule has 2 nitrogen and oxygen atoms in total. The van der Waals surface area contributed by atoms with Crippen molar-refractivity contribution in [1.29, 1.82) is 0 Å². The second-order valence-electron chi connectivity index (χ2n) is 2.38. The minimum Gasteiger partial charge on any atom is -0.205 e. The SMILES string of the molecule is Clc1ccc(-c2nc(Cl)ns2)cc1. The maximum atomic E-state index is 5.75. The third-order valence-electron chi connectivity index (χ3n) is 1.49. The lowest BCUT2D eigenvalue weighted by Crippen LogP contribution is -1.74. The van der Waals surface area contributed by atoms with Crippen molar-refractivity contribution in [2.75, 3.05) is 0 Å². The zero-order valence-corrected chi connectivity index (χ0v) is 8.70. The summed E-state index contributed by atoms with van der Waals surface area (Å²) in [5, 5.41) is 1.80. The molecular weight excluding hydrogens is 227 g/mol. The summed E-state index contributed by atoms with van der Waals surface area (Å²) in [5.74, 6) is 0. The third kappa shape index (κ3) is 1.99. The quantitative estimate of drug-likeness (QED) is 0.750. The van der Waals surface area contributed by atoms with E-state index in [0.717, 1.165) is 10.6 Å². The van der Waals surface area contributed by atoms with Crippen molar-refractivity contribution in [2.24, 2.45) is 0 Å². The summed E-state index contributed by atoms with van der Waals surface area (Å²) in [6.45, 7) is 0. The lowest BCUT2D eigenvalue weighted by atomic mass is 10.2. The third-order valence-corrected chi connectivity index (χ3v) is 2.78. The van der Waals surface area contributed by atoms with Gasteiger partial charge in [0.25, 0.3) is 0 Å². The van der Waals surface area contributed by atoms with Gasteiger partial charge in [0.15, 0.2) is 0 Å². The molecule has 0 radical (unpaired) electrons. The summed E-state index contributed by atoms with van der Waals surface area (Å²) in [6.07, 6.45) is 0. The molecule has 0 fully saturated rings. The molecule has 0 unspecified atom stereocenters. The Bertz CT molecular complexity index is 410. The van der Waals surface area contributed by atoms with E-state index in [2.05, 4.69) is 9.36 Å². The van der Waals surface area contributed by atoms with Crippen molar-refractivity contribution < 1.29 is 0 Å². The van der Waals surface area contributed by atoms with Crippen molar-refractivity contribution in [1.82, 2.24) is 9.36 Å². The van der Waals surface area contributed by atoms with Crippen LogP contribution >= 0.6 is 34.7 Å². The van der Waals surface area contributed by atoms with Crippen molar-refractivity contribution in [2.45, 2.75) is 0 Å². The number of rotatable bonds is 1. The normalized spacial score (nSPS) is 10.3. The van der Waals surface area contributed by atoms with Crippen molar-refractivity contribution in [3.8, 4) is 10.6 Å². The second kappa shape index (κ2) is 3.62. The Morgan fingerprint density at radius 3 is 2.31 bits per heavy atom. The van der Waals surface area contributed by atoms with Crippen LogP contribution in [-0.2, 0) is 0 Å². The van der Waals surface area contributed by atoms with E-state index >= 15 is 0 Å². The lowest BCUT2D eigenvalue weighted by molar-refractivity contribution is 1.33. The van der Waals surface area contributed by atoms with Crippen LogP contribution in [0.4, 0.5) is 0 Å². The monoisotopic (exact) mass is 230 g/mol. The summed E-state index contributed by atoms with van der Waals surface area (Å²) in [6, 6.07) is 7.40. The number of nitrogens with zero attached hydrogens (tertiary/aromatic N) is 2. The smallest absolute Gasteiger partial charge is 0.205 e. The van der Waals surface area contributed by atoms with Gasteiger partial charge in [-0.15, -0.1) is 0 Å². The molecule has 2 aromatic rings. The number of aromatic nitrogens is 2. The van der Waals surface area contributed by atoms with E-state index in [1.165, 1.54) is 11.5 Å². The highest BCUT2D eigenvalue weighted by Crippen LogP contribution is 2.24. The molecular formula is C8H4Cl2N2S. The molecule has 2 rings (SSSR count). The van der Waals surface area contributed by atoms with Crippen molar-refractivity contribution in [3.05, 3.63) is 34.6 Å². The largest absolute Gasteiger partial charge is 0.234 e. The molecule has 1 aromatic heterocycles. The number of hydrogen-bond donors (Lipinski definition) is 0. The average molecular weight is 231 g/mol. The van der Waals surface area contributed by atoms with Crippen LogP contribution in [0, 0.1) is 0 Å². The van der Waals surface area contributed by atoms with Gasteiger partial charge in [-0.1, -0.05) is 23.7 Å². The molecule has 0 aliphatic heterocycles. The van der Waals surface area contributed by atoms with E-state index in [1.807, 2.05) is 24.3 Å². The van der Waals surface area contributed by atoms with E-state index in [1.54, 1.807) is 0 Å². The summed E-state index contributed by atoms with van der Waals surface area (Å²) in [7, 11) is 0. The maximum absolute atomic E-state index is 5.75. The van der Waals surface area contributed by atoms with Gasteiger partial charge in [0, 0.05) is 10.6 Å². The van der Waals surface area contributed by atoms with Crippen LogP contribution in [0.5, 0.6) is 0 Å². The second-order valence-corrected chi connectivity index (χ2v) is 3.90. The molecule has 66 valence electrons. The summed E-state index contributed by atoms with van der Waals surface area (Å²) < 4.78 is 3.88. The van der Waals surface area contributed by atoms with Gasteiger partial charge >= 0.3 is 0 Å². The van der Waals surface area contributed by atoms with E-state index in [9.17, 15) is 0 Å². The molecule has 0 spiro atoms. The maximum Gasteiger partial charge on any atom is 0.234 e. The van der Waals surface area contributed by atoms with Gasteiger partial charge in [-0.2, -0.15) is 4.37 Å². The van der Waals surface area contributed by atoms with Crippen molar-refractivity contribution >= 4 is 34.7 Å². The molecule has 1 aromatic carbocycles. The molecule has 0 aliphatic rings. The Morgan fingerprint density at radius 2 is 1.77 bits per heavy atom. The Hall–Kier alpha value is -0.640. The molecule has 0 amide bonds. The minimum atomic E-state index is 0.287. The van der Waals surface area contributed by atoms with E-state index in [4.69, 9.17) is 23.2 Å². The molecule has 13 heavy (non-hydrogen) atoms. The zero-order valence-electron chi connectivity index (χ0n) is 6.37. The summed E-state index contributed by atoms with van der Waals surface area (Å²) >= 11 is 12.6. The molecule has 0 bridgehead atoms. The van der Waals surface area contributed by atoms with E-state index in [0.29, 0.717) is 5.02 Å². The first-order valence-electron chi connectivity index (χ1n) is 3.51. The molecule has 0 N–H and O–H groups in total. The highest BCUT2D eigenvalue weighted by Gasteiger charge is 2.03. The van der Waals surface area contributed by atoms with E-state index < -0.39 is 0 Å². The fourth-order valence-electron chi connectivity index (χ4n) is 0.915. The predicted molar refractivity (Wildman–Crippen MR) is 55.4 cm³/mol. The van der Waals surface area contributed by atoms with E-state index in [-0.39, 0.29) is 5.28 Å². The highest BCUT2D eigenvalue weighted by molar-refractivity contribution is 7.09. The van der Waals surface area contributed by atoms with Crippen LogP contribution < -0.4 is 0 Å². The van der Waals surface area contributed by atoms with Crippen LogP contribution in [0.1, 0.15) is 0 Å². The van der Waals surface area contributed by atoms with Gasteiger partial charge in [0.1, 0.15) is 5.01 Å².